The summed E-state index contributed by atoms with van der Waals surface area (Å²) in [6.45, 7) is 0.504. The third kappa shape index (κ3) is 4.27. The van der Waals surface area contributed by atoms with Crippen molar-refractivity contribution in [2.45, 2.75) is 44.4 Å². The molecule has 0 atom stereocenters. The minimum atomic E-state index is -4.06. The van der Waals surface area contributed by atoms with Crippen molar-refractivity contribution in [2.24, 2.45) is 5.92 Å². The van der Waals surface area contributed by atoms with Gasteiger partial charge in [-0.3, -0.25) is 0 Å². The van der Waals surface area contributed by atoms with Crippen LogP contribution in [-0.2, 0) is 6.54 Å². The third-order valence-electron chi connectivity index (χ3n) is 4.05. The van der Waals surface area contributed by atoms with Crippen molar-refractivity contribution in [3.8, 4) is 5.75 Å². The Balaban J connectivity index is 1.88. The molecule has 1 aromatic carbocycles. The van der Waals surface area contributed by atoms with Gasteiger partial charge in [-0.05, 0) is 37.8 Å². The van der Waals surface area contributed by atoms with Crippen LogP contribution in [0.25, 0.3) is 0 Å². The summed E-state index contributed by atoms with van der Waals surface area (Å²) < 4.78 is 43.1. The summed E-state index contributed by atoms with van der Waals surface area (Å²) in [5.74, 6) is -0.454. The topological polar surface area (TPSA) is 21.3 Å². The Labute approximate surface area is 127 Å². The fourth-order valence-corrected chi connectivity index (χ4v) is 3.01. The van der Waals surface area contributed by atoms with Crippen LogP contribution >= 0.6 is 11.6 Å². The predicted molar refractivity (Wildman–Crippen MR) is 76.6 cm³/mol. The third-order valence-corrected chi connectivity index (χ3v) is 4.41. The lowest BCUT2D eigenvalue weighted by Crippen LogP contribution is -2.36. The van der Waals surface area contributed by atoms with E-state index >= 15 is 0 Å². The van der Waals surface area contributed by atoms with Crippen LogP contribution in [0, 0.1) is 5.92 Å². The van der Waals surface area contributed by atoms with Gasteiger partial charge in [-0.2, -0.15) is 13.2 Å². The van der Waals surface area contributed by atoms with Crippen molar-refractivity contribution in [1.29, 1.82) is 0 Å². The van der Waals surface area contributed by atoms with Gasteiger partial charge in [0, 0.05) is 23.2 Å². The van der Waals surface area contributed by atoms with E-state index in [-0.39, 0.29) is 18.9 Å². The minimum Gasteiger partial charge on any atom is -0.496 e. The standard InChI is InChI=1S/C15H19ClF3NO/c1-21-14-4-2-3-13(16)12(14)9-20-11-7-5-10(6-8-11)15(17,18)19/h2-4,10-11,20H,5-9H2,1H3. The molecule has 2 rings (SSSR count). The maximum Gasteiger partial charge on any atom is 0.391 e. The number of hydrogen-bond acceptors (Lipinski definition) is 2. The number of methoxy groups -OCH3 is 1. The molecule has 21 heavy (non-hydrogen) atoms. The molecule has 0 spiro atoms. The molecule has 0 aliphatic heterocycles. The molecule has 118 valence electrons. The van der Waals surface area contributed by atoms with Crippen LogP contribution in [0.5, 0.6) is 5.75 Å². The highest BCUT2D eigenvalue weighted by molar-refractivity contribution is 6.31. The molecular weight excluding hydrogens is 303 g/mol. The highest BCUT2D eigenvalue weighted by Gasteiger charge is 2.41. The van der Waals surface area contributed by atoms with E-state index < -0.39 is 12.1 Å². The Morgan fingerprint density at radius 3 is 2.48 bits per heavy atom. The van der Waals surface area contributed by atoms with Crippen molar-refractivity contribution in [2.75, 3.05) is 7.11 Å². The Bertz CT molecular complexity index is 470. The molecule has 1 N–H and O–H groups in total. The number of hydrogen-bond donors (Lipinski definition) is 1. The molecule has 2 nitrogen and oxygen atoms in total. The van der Waals surface area contributed by atoms with E-state index in [9.17, 15) is 13.2 Å². The summed E-state index contributed by atoms with van der Waals surface area (Å²) in [4.78, 5) is 0. The second kappa shape index (κ2) is 6.88. The second-order valence-electron chi connectivity index (χ2n) is 5.39. The Kier molecular flexibility index (Phi) is 5.38. The zero-order valence-corrected chi connectivity index (χ0v) is 12.6. The van der Waals surface area contributed by atoms with E-state index in [0.29, 0.717) is 30.2 Å². The molecule has 1 aromatic rings. The fraction of sp³-hybridized carbons (Fsp3) is 0.600. The monoisotopic (exact) mass is 321 g/mol. The highest BCUT2D eigenvalue weighted by Crippen LogP contribution is 2.37. The summed E-state index contributed by atoms with van der Waals surface area (Å²) in [6, 6.07) is 5.51. The average molecular weight is 322 g/mol. The molecule has 0 radical (unpaired) electrons. The predicted octanol–water partition coefficient (Wildman–Crippen LogP) is 4.56. The van der Waals surface area contributed by atoms with Gasteiger partial charge in [0.1, 0.15) is 5.75 Å². The van der Waals surface area contributed by atoms with Gasteiger partial charge < -0.3 is 10.1 Å². The first-order valence-electron chi connectivity index (χ1n) is 7.03. The van der Waals surface area contributed by atoms with E-state index in [1.165, 1.54) is 0 Å². The first-order chi connectivity index (χ1) is 9.91. The summed E-state index contributed by atoms with van der Waals surface area (Å²) in [5.41, 5.74) is 0.847. The number of rotatable bonds is 4. The molecule has 0 heterocycles. The summed E-state index contributed by atoms with van der Waals surface area (Å²) in [5, 5.41) is 3.90. The van der Waals surface area contributed by atoms with Crippen molar-refractivity contribution < 1.29 is 17.9 Å². The number of nitrogens with one attached hydrogen (secondary N) is 1. The molecule has 6 heteroatoms. The average Bonchev–Trinajstić information content (AvgIpc) is 2.45. The smallest absolute Gasteiger partial charge is 0.391 e. The Morgan fingerprint density at radius 2 is 1.90 bits per heavy atom. The fourth-order valence-electron chi connectivity index (χ4n) is 2.77. The molecule has 1 aliphatic rings. The molecule has 1 saturated carbocycles. The molecular formula is C15H19ClF3NO. The lowest BCUT2D eigenvalue weighted by atomic mass is 9.85. The van der Waals surface area contributed by atoms with Crippen LogP contribution in [0.2, 0.25) is 5.02 Å². The zero-order valence-electron chi connectivity index (χ0n) is 11.8. The van der Waals surface area contributed by atoms with Gasteiger partial charge in [-0.15, -0.1) is 0 Å². The lowest BCUT2D eigenvalue weighted by Gasteiger charge is -2.30. The van der Waals surface area contributed by atoms with Crippen LogP contribution in [-0.4, -0.2) is 19.3 Å². The van der Waals surface area contributed by atoms with Crippen LogP contribution in [0.3, 0.4) is 0 Å². The number of halogens is 4. The van der Waals surface area contributed by atoms with Gasteiger partial charge in [-0.1, -0.05) is 17.7 Å². The minimum absolute atomic E-state index is 0.101. The van der Waals surface area contributed by atoms with Gasteiger partial charge in [0.2, 0.25) is 0 Å². The highest BCUT2D eigenvalue weighted by atomic mass is 35.5. The number of alkyl halides is 3. The van der Waals surface area contributed by atoms with E-state index in [4.69, 9.17) is 16.3 Å². The van der Waals surface area contributed by atoms with Gasteiger partial charge >= 0.3 is 6.18 Å². The van der Waals surface area contributed by atoms with Crippen LogP contribution in [0.4, 0.5) is 13.2 Å². The van der Waals surface area contributed by atoms with E-state index in [1.807, 2.05) is 6.07 Å². The van der Waals surface area contributed by atoms with E-state index in [2.05, 4.69) is 5.32 Å². The first kappa shape index (κ1) is 16.4. The normalized spacial score (nSPS) is 23.1. The quantitative estimate of drug-likeness (QED) is 0.877. The molecule has 0 bridgehead atoms. The summed E-state index contributed by atoms with van der Waals surface area (Å²) >= 11 is 6.14. The molecule has 0 unspecified atom stereocenters. The Hall–Kier alpha value is -0.940. The van der Waals surface area contributed by atoms with Crippen LogP contribution in [0.15, 0.2) is 18.2 Å². The lowest BCUT2D eigenvalue weighted by molar-refractivity contribution is -0.182. The van der Waals surface area contributed by atoms with Crippen LogP contribution < -0.4 is 10.1 Å². The zero-order chi connectivity index (χ0) is 15.5. The maximum absolute atomic E-state index is 12.6. The summed E-state index contributed by atoms with van der Waals surface area (Å²) in [6.07, 6.45) is -2.59. The van der Waals surface area contributed by atoms with Crippen molar-refractivity contribution in [3.63, 3.8) is 0 Å². The van der Waals surface area contributed by atoms with Gasteiger partial charge in [0.25, 0.3) is 0 Å². The van der Waals surface area contributed by atoms with Gasteiger partial charge in [-0.25, -0.2) is 0 Å². The first-order valence-corrected chi connectivity index (χ1v) is 7.41. The van der Waals surface area contributed by atoms with E-state index in [0.717, 1.165) is 5.56 Å². The second-order valence-corrected chi connectivity index (χ2v) is 5.80. The molecule has 1 fully saturated rings. The SMILES string of the molecule is COc1cccc(Cl)c1CNC1CCC(C(F)(F)F)CC1. The Morgan fingerprint density at radius 1 is 1.24 bits per heavy atom. The number of ether oxygens (including phenoxy) is 1. The molecule has 0 aromatic heterocycles. The van der Waals surface area contributed by atoms with Gasteiger partial charge in [0.05, 0.1) is 13.0 Å². The van der Waals surface area contributed by atoms with Crippen molar-refractivity contribution >= 4 is 11.6 Å². The number of benzene rings is 1. The van der Waals surface area contributed by atoms with Crippen molar-refractivity contribution in [1.82, 2.24) is 5.32 Å². The van der Waals surface area contributed by atoms with E-state index in [1.54, 1.807) is 19.2 Å². The molecule has 1 aliphatic carbocycles. The van der Waals surface area contributed by atoms with Gasteiger partial charge in [0.15, 0.2) is 0 Å². The summed E-state index contributed by atoms with van der Waals surface area (Å²) in [7, 11) is 1.57. The molecule has 0 amide bonds. The van der Waals surface area contributed by atoms with Crippen molar-refractivity contribution in [3.05, 3.63) is 28.8 Å². The largest absolute Gasteiger partial charge is 0.496 e. The maximum atomic E-state index is 12.6. The van der Waals surface area contributed by atoms with Crippen LogP contribution in [0.1, 0.15) is 31.2 Å². The molecule has 0 saturated heterocycles.